The van der Waals surface area contributed by atoms with E-state index in [9.17, 15) is 40.2 Å². The molecule has 0 aliphatic heterocycles. The van der Waals surface area contributed by atoms with Gasteiger partial charge in [-0.15, -0.1) is 26.3 Å². The molecule has 0 amide bonds. The fourth-order valence-electron chi connectivity index (χ4n) is 8.58. The van der Waals surface area contributed by atoms with Crippen molar-refractivity contribution in [2.75, 3.05) is 0 Å². The minimum absolute atomic E-state index is 0. The zero-order valence-electron chi connectivity index (χ0n) is 32.0. The molecule has 1 unspecified atom stereocenters. The van der Waals surface area contributed by atoms with Gasteiger partial charge in [-0.1, -0.05) is 65.2 Å². The molecule has 324 valence electrons. The van der Waals surface area contributed by atoms with Gasteiger partial charge in [0.15, 0.2) is 45.5 Å². The van der Waals surface area contributed by atoms with E-state index in [0.717, 1.165) is 75.5 Å². The lowest BCUT2D eigenvalue weighted by atomic mass is 9.74. The number of halogens is 10. The van der Waals surface area contributed by atoms with Crippen LogP contribution in [0, 0.1) is 35.1 Å². The summed E-state index contributed by atoms with van der Waals surface area (Å²) in [5, 5.41) is 11.9. The minimum atomic E-state index is -5.07. The smallest absolute Gasteiger partial charge is 0.450 e. The van der Waals surface area contributed by atoms with E-state index < -0.39 is 64.3 Å². The van der Waals surface area contributed by atoms with Crippen LogP contribution in [0.3, 0.4) is 0 Å². The number of aliphatic hydroxyl groups is 1. The largest absolute Gasteiger partial charge is 0.573 e. The van der Waals surface area contributed by atoms with Gasteiger partial charge in [-0.3, -0.25) is 0 Å². The molecule has 0 saturated heterocycles. The Bertz CT molecular complexity index is 2520. The van der Waals surface area contributed by atoms with Crippen molar-refractivity contribution in [1.82, 2.24) is 0 Å². The average Bonchev–Trinajstić information content (AvgIpc) is 3.76. The second kappa shape index (κ2) is 17.2. The molecule has 1 atom stereocenters. The van der Waals surface area contributed by atoms with Crippen LogP contribution in [-0.2, 0) is 5.60 Å². The van der Waals surface area contributed by atoms with Gasteiger partial charge in [0.05, 0.1) is 5.60 Å². The van der Waals surface area contributed by atoms with E-state index in [1.54, 1.807) is 12.1 Å². The van der Waals surface area contributed by atoms with Crippen molar-refractivity contribution in [3.63, 3.8) is 0 Å². The summed E-state index contributed by atoms with van der Waals surface area (Å²) in [4.78, 5) is 0. The molecule has 0 bridgehead atoms. The summed E-state index contributed by atoms with van der Waals surface area (Å²) in [6.45, 7) is 4.24. The molecule has 1 N–H and O–H groups in total. The summed E-state index contributed by atoms with van der Waals surface area (Å²) < 4.78 is 152. The predicted octanol–water partition coefficient (Wildman–Crippen LogP) is 15.3. The Labute approximate surface area is 338 Å². The summed E-state index contributed by atoms with van der Waals surface area (Å²) in [5.41, 5.74) is -1.48. The molecule has 4 aromatic carbocycles. The Balaban J connectivity index is 0.000000198. The van der Waals surface area contributed by atoms with Crippen LogP contribution in [0.4, 0.5) is 43.9 Å². The third-order valence-corrected chi connectivity index (χ3v) is 11.5. The second-order valence-electron chi connectivity index (χ2n) is 15.3. The van der Waals surface area contributed by atoms with E-state index >= 15 is 8.78 Å². The standard InChI is InChI=1S/C22H21F5O3.C22H19F5O2.CH4/c1-2-3-12-8-10-21(28,11-9-12)15-6-4-13-14-5-7-16(30-22(25,26)27)18(24)20(14)29-19(13)17(15)23;1-2-3-12-4-6-13(7-5-12)14-8-9-15-16-10-11-17(29-22(25,26)27)19(24)21(16)28-20(15)18(14)23;/h4-7,12,28H,2-3,8-11H2,1H3;6,8-12H,2-5,7H2,1H3;1H4. The number of benzene rings is 4. The number of allylic oxidation sites excluding steroid dienone is 2. The van der Waals surface area contributed by atoms with Gasteiger partial charge < -0.3 is 23.4 Å². The average molecular weight is 855 g/mol. The highest BCUT2D eigenvalue weighted by Crippen LogP contribution is 2.45. The third kappa shape index (κ3) is 8.91. The molecule has 15 heteroatoms. The lowest BCUT2D eigenvalue weighted by molar-refractivity contribution is -0.276. The molecular weight excluding hydrogens is 810 g/mol. The molecule has 2 aliphatic rings. The highest BCUT2D eigenvalue weighted by Gasteiger charge is 2.39. The van der Waals surface area contributed by atoms with Crippen LogP contribution in [0.1, 0.15) is 103 Å². The van der Waals surface area contributed by atoms with Gasteiger partial charge in [-0.25, -0.2) is 8.78 Å². The quantitative estimate of drug-likeness (QED) is 0.155. The number of furan rings is 2. The Morgan fingerprint density at radius 1 is 0.617 bits per heavy atom. The van der Waals surface area contributed by atoms with E-state index in [0.29, 0.717) is 35.6 Å². The van der Waals surface area contributed by atoms with Crippen molar-refractivity contribution >= 4 is 49.5 Å². The summed E-state index contributed by atoms with van der Waals surface area (Å²) in [6, 6.07) is 10.3. The Kier molecular flexibility index (Phi) is 12.8. The molecule has 2 aliphatic carbocycles. The maximum Gasteiger partial charge on any atom is 0.573 e. The molecule has 6 aromatic rings. The van der Waals surface area contributed by atoms with Crippen LogP contribution < -0.4 is 9.47 Å². The van der Waals surface area contributed by atoms with Crippen LogP contribution >= 0.6 is 0 Å². The number of rotatable bonds is 8. The normalized spacial score (nSPS) is 19.9. The van der Waals surface area contributed by atoms with E-state index in [-0.39, 0.29) is 40.3 Å². The van der Waals surface area contributed by atoms with Gasteiger partial charge in [0.2, 0.25) is 11.6 Å². The maximum absolute atomic E-state index is 15.3. The molecule has 0 spiro atoms. The van der Waals surface area contributed by atoms with Crippen molar-refractivity contribution in [3.05, 3.63) is 89.0 Å². The first-order valence-corrected chi connectivity index (χ1v) is 19.5. The van der Waals surface area contributed by atoms with Crippen LogP contribution in [0.15, 0.2) is 63.4 Å². The number of alkyl halides is 6. The molecule has 1 fully saturated rings. The van der Waals surface area contributed by atoms with Gasteiger partial charge in [-0.05, 0) is 98.8 Å². The summed E-state index contributed by atoms with van der Waals surface area (Å²) in [7, 11) is 0. The molecule has 2 heterocycles. The third-order valence-electron chi connectivity index (χ3n) is 11.5. The van der Waals surface area contributed by atoms with E-state index in [1.807, 2.05) is 6.08 Å². The molecule has 2 aromatic heterocycles. The van der Waals surface area contributed by atoms with Crippen LogP contribution in [0.2, 0.25) is 0 Å². The molecule has 0 radical (unpaired) electrons. The van der Waals surface area contributed by atoms with Crippen LogP contribution in [0.5, 0.6) is 11.5 Å². The molecule has 1 saturated carbocycles. The fourth-order valence-corrected chi connectivity index (χ4v) is 8.58. The lowest BCUT2D eigenvalue weighted by Gasteiger charge is -2.36. The topological polar surface area (TPSA) is 65.0 Å². The van der Waals surface area contributed by atoms with E-state index in [4.69, 9.17) is 8.83 Å². The predicted molar refractivity (Wildman–Crippen MR) is 208 cm³/mol. The molecule has 60 heavy (non-hydrogen) atoms. The lowest BCUT2D eigenvalue weighted by Crippen LogP contribution is -2.32. The van der Waals surface area contributed by atoms with Crippen LogP contribution in [-0.4, -0.2) is 17.8 Å². The zero-order valence-corrected chi connectivity index (χ0v) is 32.0. The highest BCUT2D eigenvalue weighted by atomic mass is 19.4. The summed E-state index contributed by atoms with van der Waals surface area (Å²) in [5.74, 6) is -5.09. The first kappa shape index (κ1) is 44.6. The van der Waals surface area contributed by atoms with Gasteiger partial charge in [0.1, 0.15) is 0 Å². The minimum Gasteiger partial charge on any atom is -0.450 e. The van der Waals surface area contributed by atoms with Gasteiger partial charge in [0.25, 0.3) is 0 Å². The van der Waals surface area contributed by atoms with E-state index in [2.05, 4.69) is 23.3 Å². The Morgan fingerprint density at radius 3 is 1.53 bits per heavy atom. The highest BCUT2D eigenvalue weighted by molar-refractivity contribution is 6.07. The number of hydrogen-bond acceptors (Lipinski definition) is 5. The molecular formula is C45H44F10O5. The van der Waals surface area contributed by atoms with Crippen molar-refractivity contribution in [3.8, 4) is 11.5 Å². The maximum atomic E-state index is 15.3. The Morgan fingerprint density at radius 2 is 1.07 bits per heavy atom. The van der Waals surface area contributed by atoms with Crippen LogP contribution in [0.25, 0.3) is 49.5 Å². The van der Waals surface area contributed by atoms with Crippen molar-refractivity contribution in [2.45, 2.75) is 110 Å². The van der Waals surface area contributed by atoms with Gasteiger partial charge in [0, 0.05) is 32.7 Å². The van der Waals surface area contributed by atoms with E-state index in [1.165, 1.54) is 24.3 Å². The monoisotopic (exact) mass is 854 g/mol. The zero-order chi connectivity index (χ0) is 42.4. The Hall–Kier alpha value is -4.92. The summed E-state index contributed by atoms with van der Waals surface area (Å²) in [6.07, 6.45) is 1.22. The number of ether oxygens (including phenoxy) is 2. The number of fused-ring (bicyclic) bond motifs is 6. The summed E-state index contributed by atoms with van der Waals surface area (Å²) >= 11 is 0. The molecule has 5 nitrogen and oxygen atoms in total. The fraction of sp³-hybridized carbons (Fsp3) is 0.422. The second-order valence-corrected chi connectivity index (χ2v) is 15.3. The number of hydrogen-bond donors (Lipinski definition) is 1. The van der Waals surface area contributed by atoms with Crippen molar-refractivity contribution in [1.29, 1.82) is 0 Å². The first-order chi connectivity index (χ1) is 27.9. The van der Waals surface area contributed by atoms with Crippen molar-refractivity contribution in [2.24, 2.45) is 11.8 Å². The van der Waals surface area contributed by atoms with Gasteiger partial charge in [-0.2, -0.15) is 8.78 Å². The SMILES string of the molecule is C.CCCC1CC=C(c2ccc3c(oc4c(F)c(OC(F)(F)F)ccc43)c2F)CC1.CCCC1CCC(O)(c2ccc3c(oc4c(F)c(OC(F)(F)F)ccc43)c2F)CC1. The molecule has 8 rings (SSSR count). The van der Waals surface area contributed by atoms with Gasteiger partial charge >= 0.3 is 12.7 Å². The van der Waals surface area contributed by atoms with Crippen molar-refractivity contribution < 1.29 is 67.3 Å². The first-order valence-electron chi connectivity index (χ1n) is 19.5.